The predicted molar refractivity (Wildman–Crippen MR) is 78.3 cm³/mol. The highest BCUT2D eigenvalue weighted by molar-refractivity contribution is 6.02. The largest absolute Gasteiger partial charge is 0.349 e. The summed E-state index contributed by atoms with van der Waals surface area (Å²) in [6.07, 6.45) is 0.639. The van der Waals surface area contributed by atoms with E-state index in [1.807, 2.05) is 20.8 Å². The Hall–Kier alpha value is -1.14. The average molecular weight is 306 g/mol. The molecule has 0 aromatic rings. The maximum Gasteiger partial charge on any atom is 0.229 e. The molecule has 0 saturated carbocycles. The summed E-state index contributed by atoms with van der Waals surface area (Å²) in [6.45, 7) is 6.36. The SMILES string of the molecule is CC(C)C(C)(CN)NC(=O)CCN1C(=O)CCC1=O.Cl. The molecule has 0 aromatic heterocycles. The van der Waals surface area contributed by atoms with E-state index in [4.69, 9.17) is 5.73 Å². The Morgan fingerprint density at radius 1 is 1.35 bits per heavy atom. The summed E-state index contributed by atoms with van der Waals surface area (Å²) >= 11 is 0. The normalized spacial score (nSPS) is 17.9. The van der Waals surface area contributed by atoms with Gasteiger partial charge in [0.25, 0.3) is 0 Å². The fraction of sp³-hybridized carbons (Fsp3) is 0.769. The van der Waals surface area contributed by atoms with Gasteiger partial charge in [-0.3, -0.25) is 19.3 Å². The molecular formula is C13H24ClN3O3. The summed E-state index contributed by atoms with van der Waals surface area (Å²) in [7, 11) is 0. The number of likely N-dealkylation sites (tertiary alicyclic amines) is 1. The van der Waals surface area contributed by atoms with Crippen LogP contribution in [0.3, 0.4) is 0 Å². The lowest BCUT2D eigenvalue weighted by atomic mass is 9.88. The minimum absolute atomic E-state index is 0. The standard InChI is InChI=1S/C13H23N3O3.ClH/c1-9(2)13(3,8-14)15-10(17)6-7-16-11(18)4-5-12(16)19;/h9H,4-8,14H2,1-3H3,(H,15,17);1H. The van der Waals surface area contributed by atoms with Crippen LogP contribution in [0.4, 0.5) is 0 Å². The van der Waals surface area contributed by atoms with Gasteiger partial charge in [-0.25, -0.2) is 0 Å². The number of carbonyl (C=O) groups excluding carboxylic acids is 3. The van der Waals surface area contributed by atoms with Gasteiger partial charge in [-0.1, -0.05) is 13.8 Å². The van der Waals surface area contributed by atoms with E-state index in [1.165, 1.54) is 0 Å². The second kappa shape index (κ2) is 7.59. The number of nitrogens with one attached hydrogen (secondary N) is 1. The number of hydrogen-bond donors (Lipinski definition) is 2. The summed E-state index contributed by atoms with van der Waals surface area (Å²) in [5, 5.41) is 2.88. The minimum atomic E-state index is -0.462. The molecule has 0 aromatic carbocycles. The zero-order chi connectivity index (χ0) is 14.6. The highest BCUT2D eigenvalue weighted by Crippen LogP contribution is 2.16. The second-order valence-corrected chi connectivity index (χ2v) is 5.51. The third-order valence-electron chi connectivity index (χ3n) is 3.84. The molecule has 20 heavy (non-hydrogen) atoms. The van der Waals surface area contributed by atoms with E-state index >= 15 is 0 Å². The first kappa shape index (κ1) is 18.9. The van der Waals surface area contributed by atoms with Crippen LogP contribution in [0.2, 0.25) is 0 Å². The smallest absolute Gasteiger partial charge is 0.229 e. The molecule has 0 bridgehead atoms. The summed E-state index contributed by atoms with van der Waals surface area (Å²) in [6, 6.07) is 0. The van der Waals surface area contributed by atoms with Gasteiger partial charge >= 0.3 is 0 Å². The Morgan fingerprint density at radius 2 is 1.85 bits per heavy atom. The maximum atomic E-state index is 11.9. The number of nitrogens with two attached hydrogens (primary N) is 1. The highest BCUT2D eigenvalue weighted by Gasteiger charge is 2.31. The van der Waals surface area contributed by atoms with Gasteiger partial charge in [0.2, 0.25) is 17.7 Å². The third-order valence-corrected chi connectivity index (χ3v) is 3.84. The van der Waals surface area contributed by atoms with Crippen molar-refractivity contribution in [2.45, 2.75) is 45.6 Å². The predicted octanol–water partition coefficient (Wildman–Crippen LogP) is 0.437. The van der Waals surface area contributed by atoms with E-state index < -0.39 is 5.54 Å². The molecule has 1 aliphatic rings. The summed E-state index contributed by atoms with van der Waals surface area (Å²) in [5.41, 5.74) is 5.22. The van der Waals surface area contributed by atoms with E-state index in [0.29, 0.717) is 6.54 Å². The van der Waals surface area contributed by atoms with Gasteiger partial charge in [0, 0.05) is 32.4 Å². The lowest BCUT2D eigenvalue weighted by Gasteiger charge is -2.33. The number of nitrogens with zero attached hydrogens (tertiary/aromatic N) is 1. The number of hydrogen-bond acceptors (Lipinski definition) is 4. The quantitative estimate of drug-likeness (QED) is 0.696. The average Bonchev–Trinajstić information content (AvgIpc) is 2.66. The van der Waals surface area contributed by atoms with Gasteiger partial charge in [-0.15, -0.1) is 12.4 Å². The van der Waals surface area contributed by atoms with Gasteiger partial charge in [0.1, 0.15) is 0 Å². The van der Waals surface area contributed by atoms with Crippen LogP contribution >= 0.6 is 12.4 Å². The molecule has 1 heterocycles. The molecule has 1 saturated heterocycles. The number of imide groups is 1. The molecule has 7 heteroatoms. The van der Waals surface area contributed by atoms with E-state index in [2.05, 4.69) is 5.32 Å². The van der Waals surface area contributed by atoms with Gasteiger partial charge in [-0.05, 0) is 12.8 Å². The van der Waals surface area contributed by atoms with Crippen LogP contribution in [0, 0.1) is 5.92 Å². The fourth-order valence-corrected chi connectivity index (χ4v) is 1.90. The van der Waals surface area contributed by atoms with Crippen LogP contribution in [0.15, 0.2) is 0 Å². The zero-order valence-corrected chi connectivity index (χ0v) is 13.1. The Morgan fingerprint density at radius 3 is 2.25 bits per heavy atom. The molecule has 1 unspecified atom stereocenters. The van der Waals surface area contributed by atoms with E-state index in [-0.39, 0.29) is 61.9 Å². The Labute approximate surface area is 125 Å². The van der Waals surface area contributed by atoms with Crippen LogP contribution in [0.1, 0.15) is 40.0 Å². The second-order valence-electron chi connectivity index (χ2n) is 5.51. The monoisotopic (exact) mass is 305 g/mol. The first-order valence-electron chi connectivity index (χ1n) is 6.64. The molecular weight excluding hydrogens is 282 g/mol. The molecule has 0 spiro atoms. The highest BCUT2D eigenvalue weighted by atomic mass is 35.5. The van der Waals surface area contributed by atoms with Crippen molar-refractivity contribution in [1.29, 1.82) is 0 Å². The Kier molecular flexibility index (Phi) is 7.16. The van der Waals surface area contributed by atoms with Gasteiger partial charge in [0.05, 0.1) is 5.54 Å². The topological polar surface area (TPSA) is 92.5 Å². The van der Waals surface area contributed by atoms with Crippen molar-refractivity contribution >= 4 is 30.1 Å². The van der Waals surface area contributed by atoms with E-state index in [9.17, 15) is 14.4 Å². The number of halogens is 1. The van der Waals surface area contributed by atoms with Crippen LogP contribution < -0.4 is 11.1 Å². The third kappa shape index (κ3) is 4.45. The van der Waals surface area contributed by atoms with Gasteiger partial charge in [-0.2, -0.15) is 0 Å². The molecule has 1 atom stereocenters. The summed E-state index contributed by atoms with van der Waals surface area (Å²) in [5.74, 6) is -0.364. The lowest BCUT2D eigenvalue weighted by Crippen LogP contribution is -2.55. The van der Waals surface area contributed by atoms with Crippen LogP contribution in [0.25, 0.3) is 0 Å². The van der Waals surface area contributed by atoms with Crippen LogP contribution in [-0.4, -0.2) is 41.2 Å². The molecule has 3 amide bonds. The van der Waals surface area contributed by atoms with E-state index in [1.54, 1.807) is 0 Å². The first-order valence-corrected chi connectivity index (χ1v) is 6.64. The number of amides is 3. The van der Waals surface area contributed by atoms with Crippen molar-refractivity contribution < 1.29 is 14.4 Å². The van der Waals surface area contributed by atoms with E-state index in [0.717, 1.165) is 4.90 Å². The molecule has 0 radical (unpaired) electrons. The number of rotatable bonds is 6. The molecule has 0 aliphatic carbocycles. The van der Waals surface area contributed by atoms with Crippen molar-refractivity contribution in [1.82, 2.24) is 10.2 Å². The van der Waals surface area contributed by atoms with Gasteiger partial charge < -0.3 is 11.1 Å². The molecule has 1 fully saturated rings. The van der Waals surface area contributed by atoms with Crippen molar-refractivity contribution in [3.8, 4) is 0 Å². The van der Waals surface area contributed by atoms with Crippen molar-refractivity contribution in [2.75, 3.05) is 13.1 Å². The first-order chi connectivity index (χ1) is 8.80. The van der Waals surface area contributed by atoms with Crippen molar-refractivity contribution in [3.05, 3.63) is 0 Å². The summed E-state index contributed by atoms with van der Waals surface area (Å²) < 4.78 is 0. The van der Waals surface area contributed by atoms with Crippen molar-refractivity contribution in [3.63, 3.8) is 0 Å². The van der Waals surface area contributed by atoms with Crippen LogP contribution in [0.5, 0.6) is 0 Å². The number of carbonyl (C=O) groups is 3. The zero-order valence-electron chi connectivity index (χ0n) is 12.3. The fourth-order valence-electron chi connectivity index (χ4n) is 1.90. The van der Waals surface area contributed by atoms with Crippen LogP contribution in [-0.2, 0) is 14.4 Å². The molecule has 3 N–H and O–H groups in total. The lowest BCUT2D eigenvalue weighted by molar-refractivity contribution is -0.138. The minimum Gasteiger partial charge on any atom is -0.349 e. The molecule has 1 rings (SSSR count). The maximum absolute atomic E-state index is 11.9. The molecule has 116 valence electrons. The molecule has 6 nitrogen and oxygen atoms in total. The summed E-state index contributed by atoms with van der Waals surface area (Å²) in [4.78, 5) is 35.8. The Balaban J connectivity index is 0.00000361. The van der Waals surface area contributed by atoms with Gasteiger partial charge in [0.15, 0.2) is 0 Å². The Bertz CT molecular complexity index is 371. The van der Waals surface area contributed by atoms with Crippen molar-refractivity contribution in [2.24, 2.45) is 11.7 Å². The molecule has 1 aliphatic heterocycles.